The summed E-state index contributed by atoms with van der Waals surface area (Å²) in [5.41, 5.74) is 6.07. The van der Waals surface area contributed by atoms with Gasteiger partial charge in [-0.3, -0.25) is 29.3 Å². The van der Waals surface area contributed by atoms with Gasteiger partial charge in [0.2, 0.25) is 29.5 Å². The van der Waals surface area contributed by atoms with E-state index in [0.29, 0.717) is 63.7 Å². The Morgan fingerprint density at radius 1 is 0.753 bits per heavy atom. The molecule has 2 saturated carbocycles. The zero-order chi connectivity index (χ0) is 49.7. The van der Waals surface area contributed by atoms with Crippen molar-refractivity contribution < 1.29 is 24.0 Å². The lowest BCUT2D eigenvalue weighted by atomic mass is 9.73. The van der Waals surface area contributed by atoms with E-state index < -0.39 is 5.41 Å². The highest BCUT2D eigenvalue weighted by atomic mass is 16.2. The molecule has 9 aliphatic rings. The second kappa shape index (κ2) is 18.5. The second-order valence-corrected chi connectivity index (χ2v) is 23.6. The van der Waals surface area contributed by atoms with Crippen molar-refractivity contribution in [2.24, 2.45) is 11.8 Å². The Bertz CT molecular complexity index is 2820. The molecule has 6 saturated heterocycles. The van der Waals surface area contributed by atoms with Crippen LogP contribution < -0.4 is 20.4 Å². The molecule has 2 unspecified atom stereocenters. The van der Waals surface area contributed by atoms with Gasteiger partial charge in [0.15, 0.2) is 5.82 Å². The molecule has 10 heterocycles. The minimum absolute atomic E-state index is 0.0537. The van der Waals surface area contributed by atoms with Gasteiger partial charge < -0.3 is 34.4 Å². The molecule has 7 aliphatic heterocycles. The number of hydrogen-bond donors (Lipinski definition) is 2. The van der Waals surface area contributed by atoms with Crippen molar-refractivity contribution >= 4 is 57.9 Å². The molecule has 4 atom stereocenters. The molecule has 8 fully saturated rings. The van der Waals surface area contributed by atoms with Crippen LogP contribution in [0, 0.1) is 11.8 Å². The SMILES string of the molecule is CC(C)n1cnc2cc(-c3ccc4c(c3)N(C3CC(N5CCCCC5)C3)C(=O)C43CCN(C(=O)C4C[C@H]5CC[C@@H](C4)N5C(=O)C4CCN(c5ccc(C6CCC(=O)NC6=O)cn5)CC4)CC3)nc(NC3CC3)c21. The number of amides is 5. The molecular formula is C57H71N11O5. The van der Waals surface area contributed by atoms with Crippen LogP contribution in [0.2, 0.25) is 0 Å². The van der Waals surface area contributed by atoms with Crippen LogP contribution in [-0.4, -0.2) is 133 Å². The van der Waals surface area contributed by atoms with Gasteiger partial charge in [-0.05, 0) is 153 Å². The van der Waals surface area contributed by atoms with Gasteiger partial charge in [-0.25, -0.2) is 15.0 Å². The van der Waals surface area contributed by atoms with Crippen LogP contribution in [0.3, 0.4) is 0 Å². The summed E-state index contributed by atoms with van der Waals surface area (Å²) in [5, 5.41) is 6.15. The normalized spacial score (nSPS) is 28.5. The Kier molecular flexibility index (Phi) is 11.9. The lowest BCUT2D eigenvalue weighted by Crippen LogP contribution is -2.59. The van der Waals surface area contributed by atoms with Crippen LogP contribution in [0.5, 0.6) is 0 Å². The molecule has 16 heteroatoms. The van der Waals surface area contributed by atoms with E-state index in [2.05, 4.69) is 77.8 Å². The van der Waals surface area contributed by atoms with Crippen LogP contribution in [0.4, 0.5) is 17.3 Å². The summed E-state index contributed by atoms with van der Waals surface area (Å²) in [5.74, 6) is 1.34. The summed E-state index contributed by atoms with van der Waals surface area (Å²) in [6.45, 7) is 9.21. The smallest absolute Gasteiger partial charge is 0.238 e. The third-order valence-corrected chi connectivity index (χ3v) is 18.9. The molecule has 73 heavy (non-hydrogen) atoms. The van der Waals surface area contributed by atoms with Crippen molar-refractivity contribution in [3.63, 3.8) is 0 Å². The fraction of sp³-hybridized carbons (Fsp3) is 0.614. The number of fused-ring (bicyclic) bond motifs is 5. The van der Waals surface area contributed by atoms with Gasteiger partial charge in [0.05, 0.1) is 28.9 Å². The van der Waals surface area contributed by atoms with Gasteiger partial charge in [-0.15, -0.1) is 0 Å². The van der Waals surface area contributed by atoms with E-state index in [-0.39, 0.29) is 71.5 Å². The number of benzene rings is 1. The van der Waals surface area contributed by atoms with Crippen molar-refractivity contribution in [3.8, 4) is 11.3 Å². The number of pyridine rings is 2. The van der Waals surface area contributed by atoms with E-state index >= 15 is 4.79 Å². The minimum Gasteiger partial charge on any atom is -0.366 e. The highest BCUT2D eigenvalue weighted by molar-refractivity contribution is 6.09. The second-order valence-electron chi connectivity index (χ2n) is 23.6. The van der Waals surface area contributed by atoms with E-state index in [1.165, 1.54) is 19.3 Å². The highest BCUT2D eigenvalue weighted by Gasteiger charge is 2.57. The monoisotopic (exact) mass is 990 g/mol. The zero-order valence-electron chi connectivity index (χ0n) is 42.6. The lowest BCUT2D eigenvalue weighted by Gasteiger charge is -2.48. The molecular weight excluding hydrogens is 919 g/mol. The molecule has 13 rings (SSSR count). The van der Waals surface area contributed by atoms with Crippen molar-refractivity contribution in [2.75, 3.05) is 54.4 Å². The Labute approximate surface area is 428 Å². The molecule has 3 aromatic heterocycles. The van der Waals surface area contributed by atoms with E-state index in [4.69, 9.17) is 15.0 Å². The number of nitrogens with zero attached hydrogens (tertiary/aromatic N) is 9. The van der Waals surface area contributed by atoms with Gasteiger partial charge in [-0.2, -0.15) is 0 Å². The fourth-order valence-electron chi connectivity index (χ4n) is 14.5. The molecule has 16 nitrogen and oxygen atoms in total. The van der Waals surface area contributed by atoms with Crippen LogP contribution in [-0.2, 0) is 29.4 Å². The van der Waals surface area contributed by atoms with Gasteiger partial charge in [0.25, 0.3) is 0 Å². The first kappa shape index (κ1) is 46.9. The van der Waals surface area contributed by atoms with Crippen molar-refractivity contribution in [1.29, 1.82) is 0 Å². The average molecular weight is 990 g/mol. The molecule has 384 valence electrons. The number of rotatable bonds is 10. The fourth-order valence-corrected chi connectivity index (χ4v) is 14.5. The molecule has 5 amide bonds. The first-order chi connectivity index (χ1) is 35.5. The average Bonchev–Trinajstić information content (AvgIpc) is 3.98. The van der Waals surface area contributed by atoms with Crippen LogP contribution >= 0.6 is 0 Å². The molecule has 2 aliphatic carbocycles. The number of anilines is 3. The number of imidazole rings is 1. The summed E-state index contributed by atoms with van der Waals surface area (Å²) in [4.78, 5) is 94.4. The lowest BCUT2D eigenvalue weighted by molar-refractivity contribution is -0.148. The van der Waals surface area contributed by atoms with Crippen LogP contribution in [0.25, 0.3) is 22.3 Å². The standard InChI is InChI=1S/C57H71N11O5/c1-34(2)66-33-59-47-31-46(61-52(51(47)66)60-39-8-9-39)36-6-13-45-48(28-36)68(43-29-42(30-43)63-20-4-3-5-21-63)56(73)57(45)18-24-65(25-19-57)54(71)38-26-40-10-11-41(27-38)67(40)55(72)35-16-22-64(23-17-35)49-14-7-37(32-58-49)44-12-15-50(69)62-53(44)70/h6-7,13-14,28,31-35,38-44H,3-5,8-12,15-27,29-30H2,1-2H3,(H,60,61)(H,62,69,70)/t38?,40-,41+,42?,43?,44?. The Morgan fingerprint density at radius 2 is 1.51 bits per heavy atom. The summed E-state index contributed by atoms with van der Waals surface area (Å²) in [7, 11) is 0. The van der Waals surface area contributed by atoms with E-state index in [9.17, 15) is 19.2 Å². The predicted molar refractivity (Wildman–Crippen MR) is 278 cm³/mol. The number of imide groups is 1. The van der Waals surface area contributed by atoms with Crippen LogP contribution in [0.15, 0.2) is 48.9 Å². The Hall–Kier alpha value is -5.90. The molecule has 2 bridgehead atoms. The van der Waals surface area contributed by atoms with Crippen molar-refractivity contribution in [2.45, 2.75) is 171 Å². The van der Waals surface area contributed by atoms with E-state index in [0.717, 1.165) is 128 Å². The maximum Gasteiger partial charge on any atom is 0.238 e. The number of likely N-dealkylation sites (tertiary alicyclic amines) is 2. The van der Waals surface area contributed by atoms with E-state index in [1.54, 1.807) is 6.20 Å². The Balaban J connectivity index is 0.678. The van der Waals surface area contributed by atoms with E-state index in [1.807, 2.05) is 18.5 Å². The minimum atomic E-state index is -0.674. The summed E-state index contributed by atoms with van der Waals surface area (Å²) in [6, 6.07) is 14.1. The summed E-state index contributed by atoms with van der Waals surface area (Å²) < 4.78 is 2.20. The molecule has 1 aromatic carbocycles. The number of piperidine rings is 5. The van der Waals surface area contributed by atoms with Crippen molar-refractivity contribution in [3.05, 3.63) is 60.0 Å². The number of aromatic nitrogens is 4. The zero-order valence-corrected chi connectivity index (χ0v) is 42.6. The molecule has 1 spiro atoms. The number of carbonyl (C=O) groups excluding carboxylic acids is 5. The molecule has 2 N–H and O–H groups in total. The maximum atomic E-state index is 15.3. The van der Waals surface area contributed by atoms with Gasteiger partial charge in [0.1, 0.15) is 11.3 Å². The first-order valence-electron chi connectivity index (χ1n) is 28.0. The number of nitrogens with one attached hydrogen (secondary N) is 2. The Morgan fingerprint density at radius 3 is 2.19 bits per heavy atom. The summed E-state index contributed by atoms with van der Waals surface area (Å²) >= 11 is 0. The van der Waals surface area contributed by atoms with Gasteiger partial charge >= 0.3 is 0 Å². The van der Waals surface area contributed by atoms with Gasteiger partial charge in [-0.1, -0.05) is 24.6 Å². The quantitative estimate of drug-likeness (QED) is 0.156. The largest absolute Gasteiger partial charge is 0.366 e. The number of carbonyl (C=O) groups is 5. The van der Waals surface area contributed by atoms with Gasteiger partial charge in [0, 0.05) is 98.1 Å². The maximum absolute atomic E-state index is 15.3. The van der Waals surface area contributed by atoms with Crippen molar-refractivity contribution in [1.82, 2.24) is 39.5 Å². The van der Waals surface area contributed by atoms with Crippen LogP contribution in [0.1, 0.15) is 146 Å². The number of hydrogen-bond acceptors (Lipinski definition) is 11. The first-order valence-corrected chi connectivity index (χ1v) is 28.0. The highest BCUT2D eigenvalue weighted by Crippen LogP contribution is 2.53. The molecule has 4 aromatic rings. The third-order valence-electron chi connectivity index (χ3n) is 18.9. The topological polar surface area (TPSA) is 169 Å². The third kappa shape index (κ3) is 8.28. The molecule has 0 radical (unpaired) electrons. The summed E-state index contributed by atoms with van der Waals surface area (Å²) in [6.07, 6.45) is 18.6. The predicted octanol–water partition coefficient (Wildman–Crippen LogP) is 7.08.